The van der Waals surface area contributed by atoms with E-state index in [2.05, 4.69) is 28.5 Å². The molecule has 0 radical (unpaired) electrons. The average molecular weight is 415 g/mol. The summed E-state index contributed by atoms with van der Waals surface area (Å²) >= 11 is 0. The predicted octanol–water partition coefficient (Wildman–Crippen LogP) is 4.21. The number of fused-ring (bicyclic) bond motifs is 1. The lowest BCUT2D eigenvalue weighted by Crippen LogP contribution is -2.34. The summed E-state index contributed by atoms with van der Waals surface area (Å²) < 4.78 is 5.43. The van der Waals surface area contributed by atoms with Crippen LogP contribution in [0.2, 0.25) is 0 Å². The number of rotatable bonds is 4. The number of nitrogens with one attached hydrogen (secondary N) is 2. The molecule has 1 atom stereocenters. The molecule has 1 fully saturated rings. The third-order valence-electron chi connectivity index (χ3n) is 6.03. The molecule has 1 saturated heterocycles. The number of carbonyl (C=O) groups excluding carboxylic acids is 2. The molecule has 31 heavy (non-hydrogen) atoms. The van der Waals surface area contributed by atoms with Crippen molar-refractivity contribution in [1.29, 1.82) is 0 Å². The molecule has 3 aromatic rings. The number of hydrogen-bond donors (Lipinski definition) is 2. The van der Waals surface area contributed by atoms with Crippen molar-refractivity contribution >= 4 is 34.0 Å². The van der Waals surface area contributed by atoms with Gasteiger partial charge in [-0.15, -0.1) is 0 Å². The van der Waals surface area contributed by atoms with Crippen molar-refractivity contribution in [1.82, 2.24) is 9.88 Å². The first-order valence-corrected chi connectivity index (χ1v) is 10.8. The lowest BCUT2D eigenvalue weighted by molar-refractivity contribution is -0.124. The van der Waals surface area contributed by atoms with Gasteiger partial charge in [0.05, 0.1) is 0 Å². The summed E-state index contributed by atoms with van der Waals surface area (Å²) in [7, 11) is 0. The second kappa shape index (κ2) is 8.40. The summed E-state index contributed by atoms with van der Waals surface area (Å²) in [5.74, 6) is -0.172. The van der Waals surface area contributed by atoms with Gasteiger partial charge in [-0.3, -0.25) is 9.59 Å². The summed E-state index contributed by atoms with van der Waals surface area (Å²) in [6, 6.07) is 15.4. The van der Waals surface area contributed by atoms with Gasteiger partial charge in [0.15, 0.2) is 0 Å². The minimum atomic E-state index is -0.394. The van der Waals surface area contributed by atoms with Crippen LogP contribution in [0.5, 0.6) is 0 Å². The SMILES string of the molecule is O=C(Nc1cccc(C(=O)N2CC=C(c3c[nH]c4ccccc34)CC2)c1)C1CCCO1. The molecule has 2 N–H and O–H groups in total. The molecule has 0 bridgehead atoms. The molecule has 158 valence electrons. The van der Waals surface area contributed by atoms with E-state index >= 15 is 0 Å². The third-order valence-corrected chi connectivity index (χ3v) is 6.03. The number of carbonyl (C=O) groups is 2. The molecule has 3 heterocycles. The molecule has 0 saturated carbocycles. The van der Waals surface area contributed by atoms with Crippen LogP contribution in [0, 0.1) is 0 Å². The highest BCUT2D eigenvalue weighted by Gasteiger charge is 2.24. The number of amides is 2. The maximum atomic E-state index is 13.1. The lowest BCUT2D eigenvalue weighted by atomic mass is 9.98. The zero-order chi connectivity index (χ0) is 21.2. The molecule has 2 amide bonds. The van der Waals surface area contributed by atoms with Crippen LogP contribution in [0.25, 0.3) is 16.5 Å². The van der Waals surface area contributed by atoms with Gasteiger partial charge in [0.2, 0.25) is 0 Å². The van der Waals surface area contributed by atoms with Crippen molar-refractivity contribution in [2.45, 2.75) is 25.4 Å². The highest BCUT2D eigenvalue weighted by molar-refractivity contribution is 5.99. The summed E-state index contributed by atoms with van der Waals surface area (Å²) in [6.45, 7) is 1.86. The van der Waals surface area contributed by atoms with Crippen LogP contribution in [-0.2, 0) is 9.53 Å². The van der Waals surface area contributed by atoms with Crippen molar-refractivity contribution in [3.8, 4) is 0 Å². The van der Waals surface area contributed by atoms with Crippen LogP contribution < -0.4 is 5.32 Å². The normalized spacial score (nSPS) is 18.8. The molecule has 5 rings (SSSR count). The second-order valence-corrected chi connectivity index (χ2v) is 8.05. The number of nitrogens with zero attached hydrogens (tertiary/aromatic N) is 1. The third kappa shape index (κ3) is 3.99. The summed E-state index contributed by atoms with van der Waals surface area (Å²) in [4.78, 5) is 30.5. The average Bonchev–Trinajstić information content (AvgIpc) is 3.49. The Kier molecular flexibility index (Phi) is 5.30. The molecule has 2 aliphatic rings. The molecule has 1 unspecified atom stereocenters. The van der Waals surface area contributed by atoms with Crippen LogP contribution in [0.3, 0.4) is 0 Å². The largest absolute Gasteiger partial charge is 0.368 e. The van der Waals surface area contributed by atoms with E-state index in [0.717, 1.165) is 24.8 Å². The Labute approximate surface area is 180 Å². The van der Waals surface area contributed by atoms with Gasteiger partial charge in [-0.2, -0.15) is 0 Å². The standard InChI is InChI=1S/C25H25N3O3/c29-24(23-9-4-14-31-23)27-19-6-3-5-18(15-19)25(30)28-12-10-17(11-13-28)21-16-26-22-8-2-1-7-20(21)22/h1-3,5-8,10,15-16,23,26H,4,9,11-14H2,(H,27,29). The van der Waals surface area contributed by atoms with Gasteiger partial charge in [-0.05, 0) is 49.1 Å². The molecule has 6 nitrogen and oxygen atoms in total. The van der Waals surface area contributed by atoms with Crippen molar-refractivity contribution in [3.05, 3.63) is 71.9 Å². The predicted molar refractivity (Wildman–Crippen MR) is 121 cm³/mol. The Morgan fingerprint density at radius 3 is 2.84 bits per heavy atom. The first kappa shape index (κ1) is 19.6. The first-order valence-electron chi connectivity index (χ1n) is 10.8. The highest BCUT2D eigenvalue weighted by Crippen LogP contribution is 2.29. The number of aromatic nitrogens is 1. The zero-order valence-electron chi connectivity index (χ0n) is 17.3. The van der Waals surface area contributed by atoms with E-state index in [0.29, 0.717) is 30.9 Å². The number of ether oxygens (including phenoxy) is 1. The van der Waals surface area contributed by atoms with Crippen LogP contribution in [0.1, 0.15) is 35.2 Å². The molecule has 2 aromatic carbocycles. The van der Waals surface area contributed by atoms with Crippen molar-refractivity contribution in [2.24, 2.45) is 0 Å². The first-order chi connectivity index (χ1) is 15.2. The fourth-order valence-electron chi connectivity index (χ4n) is 4.36. The Bertz CT molecular complexity index is 1160. The molecule has 2 aliphatic heterocycles. The maximum absolute atomic E-state index is 13.1. The number of aromatic amines is 1. The van der Waals surface area contributed by atoms with E-state index in [1.807, 2.05) is 23.2 Å². The van der Waals surface area contributed by atoms with Gasteiger partial charge in [0, 0.05) is 53.6 Å². The van der Waals surface area contributed by atoms with E-state index in [1.165, 1.54) is 16.5 Å². The summed E-state index contributed by atoms with van der Waals surface area (Å²) in [6.07, 6.45) is 6.25. The van der Waals surface area contributed by atoms with Gasteiger partial charge in [0.1, 0.15) is 6.10 Å². The number of hydrogen-bond acceptors (Lipinski definition) is 3. The Morgan fingerprint density at radius 1 is 1.13 bits per heavy atom. The van der Waals surface area contributed by atoms with Crippen molar-refractivity contribution in [2.75, 3.05) is 25.0 Å². The maximum Gasteiger partial charge on any atom is 0.254 e. The van der Waals surface area contributed by atoms with E-state index in [1.54, 1.807) is 24.3 Å². The fourth-order valence-corrected chi connectivity index (χ4v) is 4.36. The van der Waals surface area contributed by atoms with Gasteiger partial charge >= 0.3 is 0 Å². The van der Waals surface area contributed by atoms with Crippen LogP contribution in [-0.4, -0.2) is 47.5 Å². The van der Waals surface area contributed by atoms with E-state index in [-0.39, 0.29) is 11.8 Å². The Morgan fingerprint density at radius 2 is 2.03 bits per heavy atom. The van der Waals surface area contributed by atoms with E-state index < -0.39 is 6.10 Å². The molecular weight excluding hydrogens is 390 g/mol. The lowest BCUT2D eigenvalue weighted by Gasteiger charge is -2.27. The van der Waals surface area contributed by atoms with E-state index in [4.69, 9.17) is 4.74 Å². The number of anilines is 1. The quantitative estimate of drug-likeness (QED) is 0.670. The smallest absolute Gasteiger partial charge is 0.254 e. The van der Waals surface area contributed by atoms with Crippen LogP contribution in [0.15, 0.2) is 60.8 Å². The Balaban J connectivity index is 1.27. The Hall–Kier alpha value is -3.38. The molecule has 0 spiro atoms. The topological polar surface area (TPSA) is 74.4 Å². The number of H-pyrrole nitrogens is 1. The second-order valence-electron chi connectivity index (χ2n) is 8.05. The summed E-state index contributed by atoms with van der Waals surface area (Å²) in [5, 5.41) is 4.09. The fraction of sp³-hybridized carbons (Fsp3) is 0.280. The minimum absolute atomic E-state index is 0.0255. The number of para-hydroxylation sites is 1. The van der Waals surface area contributed by atoms with Crippen molar-refractivity contribution < 1.29 is 14.3 Å². The van der Waals surface area contributed by atoms with Gasteiger partial charge in [0.25, 0.3) is 11.8 Å². The minimum Gasteiger partial charge on any atom is -0.368 e. The number of benzene rings is 2. The molecule has 6 heteroatoms. The van der Waals surface area contributed by atoms with Gasteiger partial charge in [-0.25, -0.2) is 0 Å². The molecule has 1 aromatic heterocycles. The van der Waals surface area contributed by atoms with Gasteiger partial charge < -0.3 is 19.9 Å². The zero-order valence-corrected chi connectivity index (χ0v) is 17.3. The van der Waals surface area contributed by atoms with Gasteiger partial charge in [-0.1, -0.05) is 30.3 Å². The van der Waals surface area contributed by atoms with Crippen molar-refractivity contribution in [3.63, 3.8) is 0 Å². The van der Waals surface area contributed by atoms with Crippen LogP contribution >= 0.6 is 0 Å². The van der Waals surface area contributed by atoms with Crippen LogP contribution in [0.4, 0.5) is 5.69 Å². The summed E-state index contributed by atoms with van der Waals surface area (Å²) in [5.41, 5.74) is 4.80. The monoisotopic (exact) mass is 415 g/mol. The molecular formula is C25H25N3O3. The van der Waals surface area contributed by atoms with E-state index in [9.17, 15) is 9.59 Å². The molecule has 0 aliphatic carbocycles. The highest BCUT2D eigenvalue weighted by atomic mass is 16.5.